The van der Waals surface area contributed by atoms with Gasteiger partial charge in [-0.2, -0.15) is 0 Å². The molecule has 3 amide bonds. The Hall–Kier alpha value is -2.97. The van der Waals surface area contributed by atoms with E-state index >= 15 is 0 Å². The van der Waals surface area contributed by atoms with Crippen molar-refractivity contribution in [2.75, 3.05) is 27.9 Å². The van der Waals surface area contributed by atoms with Gasteiger partial charge in [-0.3, -0.25) is 15.0 Å². The average Bonchev–Trinajstić information content (AvgIpc) is 2.64. The molecular weight excluding hydrogens is 330 g/mol. The third-order valence-corrected chi connectivity index (χ3v) is 3.77. The standard InChI is InChI=1S/C16H21N3O6/c1-23-12-5-4-10(6-13(12)24-2)8-17-16(22)19-9-11(15(21)25-3)7-14(20)18-19/h4-6,11H,7-9H2,1-3H3,(H,17,22)(H,18,20). The summed E-state index contributed by atoms with van der Waals surface area (Å²) in [6, 6.07) is 4.74. The second kappa shape index (κ2) is 8.22. The summed E-state index contributed by atoms with van der Waals surface area (Å²) in [6.07, 6.45) is -0.00781. The van der Waals surface area contributed by atoms with Gasteiger partial charge in [-0.1, -0.05) is 6.07 Å². The van der Waals surface area contributed by atoms with Crippen molar-refractivity contribution in [1.29, 1.82) is 0 Å². The van der Waals surface area contributed by atoms with Gasteiger partial charge in [-0.25, -0.2) is 9.80 Å². The number of hydrazine groups is 1. The Labute approximate surface area is 145 Å². The summed E-state index contributed by atoms with van der Waals surface area (Å²) in [5.41, 5.74) is 3.22. The topological polar surface area (TPSA) is 106 Å². The van der Waals surface area contributed by atoms with E-state index in [4.69, 9.17) is 9.47 Å². The predicted octanol–water partition coefficient (Wildman–Crippen LogP) is 0.440. The van der Waals surface area contributed by atoms with Crippen molar-refractivity contribution in [2.24, 2.45) is 5.92 Å². The molecule has 1 aromatic carbocycles. The molecule has 2 rings (SSSR count). The molecule has 1 heterocycles. The first-order chi connectivity index (χ1) is 12.0. The number of amides is 3. The minimum absolute atomic E-state index is 0.00781. The van der Waals surface area contributed by atoms with Crippen molar-refractivity contribution < 1.29 is 28.6 Å². The number of carbonyl (C=O) groups is 3. The second-order valence-corrected chi connectivity index (χ2v) is 5.42. The van der Waals surface area contributed by atoms with Crippen LogP contribution in [0.2, 0.25) is 0 Å². The Bertz CT molecular complexity index is 663. The number of hydrogen-bond acceptors (Lipinski definition) is 6. The normalized spacial score (nSPS) is 16.7. The first-order valence-electron chi connectivity index (χ1n) is 7.62. The van der Waals surface area contributed by atoms with Crippen LogP contribution in [0.1, 0.15) is 12.0 Å². The number of methoxy groups -OCH3 is 3. The predicted molar refractivity (Wildman–Crippen MR) is 86.8 cm³/mol. The zero-order chi connectivity index (χ0) is 18.4. The van der Waals surface area contributed by atoms with Gasteiger partial charge < -0.3 is 19.5 Å². The molecule has 0 saturated carbocycles. The molecule has 0 aliphatic carbocycles. The number of urea groups is 1. The van der Waals surface area contributed by atoms with Crippen LogP contribution in [0, 0.1) is 5.92 Å². The summed E-state index contributed by atoms with van der Waals surface area (Å²) in [7, 11) is 4.31. The zero-order valence-electron chi connectivity index (χ0n) is 14.3. The molecule has 0 aromatic heterocycles. The van der Waals surface area contributed by atoms with Gasteiger partial charge in [0.2, 0.25) is 5.91 Å². The van der Waals surface area contributed by atoms with Crippen molar-refractivity contribution in [1.82, 2.24) is 15.8 Å². The molecule has 1 aliphatic heterocycles. The molecule has 1 atom stereocenters. The van der Waals surface area contributed by atoms with Gasteiger partial charge in [-0.15, -0.1) is 0 Å². The Morgan fingerprint density at radius 1 is 1.24 bits per heavy atom. The Morgan fingerprint density at radius 3 is 2.60 bits per heavy atom. The third-order valence-electron chi connectivity index (χ3n) is 3.77. The lowest BCUT2D eigenvalue weighted by Crippen LogP contribution is -2.57. The Morgan fingerprint density at radius 2 is 1.96 bits per heavy atom. The lowest BCUT2D eigenvalue weighted by molar-refractivity contribution is -0.151. The lowest BCUT2D eigenvalue weighted by Gasteiger charge is -2.31. The van der Waals surface area contributed by atoms with Crippen LogP contribution in [0.5, 0.6) is 11.5 Å². The number of rotatable bonds is 5. The molecule has 1 aromatic rings. The average molecular weight is 351 g/mol. The highest BCUT2D eigenvalue weighted by molar-refractivity contribution is 5.87. The van der Waals surface area contributed by atoms with E-state index in [-0.39, 0.29) is 19.5 Å². The Kier molecular flexibility index (Phi) is 6.04. The molecule has 0 radical (unpaired) electrons. The fraction of sp³-hybridized carbons (Fsp3) is 0.438. The third kappa shape index (κ3) is 4.52. The van der Waals surface area contributed by atoms with Crippen molar-refractivity contribution in [3.63, 3.8) is 0 Å². The van der Waals surface area contributed by atoms with Crippen molar-refractivity contribution in [2.45, 2.75) is 13.0 Å². The number of hydrogen-bond donors (Lipinski definition) is 2. The van der Waals surface area contributed by atoms with E-state index in [9.17, 15) is 14.4 Å². The van der Waals surface area contributed by atoms with Crippen LogP contribution in [-0.4, -0.2) is 50.8 Å². The lowest BCUT2D eigenvalue weighted by atomic mass is 10.0. The zero-order valence-corrected chi connectivity index (χ0v) is 14.3. The largest absolute Gasteiger partial charge is 0.493 e. The maximum Gasteiger partial charge on any atom is 0.336 e. The van der Waals surface area contributed by atoms with Crippen molar-refractivity contribution >= 4 is 17.9 Å². The SMILES string of the molecule is COC(=O)C1CC(=O)NN(C(=O)NCc2ccc(OC)c(OC)c2)C1. The maximum atomic E-state index is 12.2. The van der Waals surface area contributed by atoms with E-state index in [0.29, 0.717) is 11.5 Å². The van der Waals surface area contributed by atoms with Gasteiger partial charge >= 0.3 is 12.0 Å². The number of ether oxygens (including phenoxy) is 3. The molecule has 1 aliphatic rings. The fourth-order valence-electron chi connectivity index (χ4n) is 2.47. The van der Waals surface area contributed by atoms with E-state index < -0.39 is 23.8 Å². The quantitative estimate of drug-likeness (QED) is 0.746. The van der Waals surface area contributed by atoms with Gasteiger partial charge in [0.05, 0.1) is 33.8 Å². The van der Waals surface area contributed by atoms with Crippen LogP contribution < -0.4 is 20.2 Å². The molecule has 2 N–H and O–H groups in total. The summed E-state index contributed by atoms with van der Waals surface area (Å²) >= 11 is 0. The van der Waals surface area contributed by atoms with E-state index in [1.54, 1.807) is 18.2 Å². The van der Waals surface area contributed by atoms with E-state index in [1.165, 1.54) is 21.3 Å². The maximum absolute atomic E-state index is 12.2. The smallest absolute Gasteiger partial charge is 0.336 e. The highest BCUT2D eigenvalue weighted by Gasteiger charge is 2.33. The first kappa shape index (κ1) is 18.4. The first-order valence-corrected chi connectivity index (χ1v) is 7.62. The van der Waals surface area contributed by atoms with Crippen LogP contribution in [0.25, 0.3) is 0 Å². The summed E-state index contributed by atoms with van der Waals surface area (Å²) in [5.74, 6) is -0.478. The van der Waals surface area contributed by atoms with Gasteiger partial charge in [0.25, 0.3) is 0 Å². The van der Waals surface area contributed by atoms with Crippen LogP contribution in [0.3, 0.4) is 0 Å². The van der Waals surface area contributed by atoms with Crippen LogP contribution in [0.4, 0.5) is 4.79 Å². The molecule has 9 heteroatoms. The van der Waals surface area contributed by atoms with Gasteiger partial charge in [0, 0.05) is 13.0 Å². The molecule has 1 saturated heterocycles. The van der Waals surface area contributed by atoms with Crippen molar-refractivity contribution in [3.05, 3.63) is 23.8 Å². The minimum Gasteiger partial charge on any atom is -0.493 e. The van der Waals surface area contributed by atoms with E-state index in [2.05, 4.69) is 15.5 Å². The summed E-state index contributed by atoms with van der Waals surface area (Å²) in [5, 5.41) is 3.76. The summed E-state index contributed by atoms with van der Waals surface area (Å²) in [6.45, 7) is 0.268. The van der Waals surface area contributed by atoms with Gasteiger partial charge in [0.15, 0.2) is 11.5 Å². The molecule has 136 valence electrons. The minimum atomic E-state index is -0.675. The van der Waals surface area contributed by atoms with Crippen LogP contribution in [0.15, 0.2) is 18.2 Å². The van der Waals surface area contributed by atoms with E-state index in [1.807, 2.05) is 0 Å². The highest BCUT2D eigenvalue weighted by Crippen LogP contribution is 2.27. The second-order valence-electron chi connectivity index (χ2n) is 5.42. The highest BCUT2D eigenvalue weighted by atomic mass is 16.5. The molecule has 1 fully saturated rings. The number of nitrogens with one attached hydrogen (secondary N) is 2. The Balaban J connectivity index is 1.97. The molecule has 1 unspecified atom stereocenters. The number of esters is 1. The molecule has 0 bridgehead atoms. The molecular formula is C16H21N3O6. The number of nitrogens with zero attached hydrogens (tertiary/aromatic N) is 1. The number of benzene rings is 1. The van der Waals surface area contributed by atoms with Gasteiger partial charge in [-0.05, 0) is 17.7 Å². The van der Waals surface area contributed by atoms with Crippen LogP contribution >= 0.6 is 0 Å². The molecule has 25 heavy (non-hydrogen) atoms. The van der Waals surface area contributed by atoms with Gasteiger partial charge in [0.1, 0.15) is 0 Å². The fourth-order valence-corrected chi connectivity index (χ4v) is 2.47. The van der Waals surface area contributed by atoms with E-state index in [0.717, 1.165) is 10.6 Å². The van der Waals surface area contributed by atoms with Crippen LogP contribution in [-0.2, 0) is 20.9 Å². The summed E-state index contributed by atoms with van der Waals surface area (Å²) < 4.78 is 15.0. The summed E-state index contributed by atoms with van der Waals surface area (Å²) in [4.78, 5) is 35.5. The molecule has 9 nitrogen and oxygen atoms in total. The molecule has 0 spiro atoms. The van der Waals surface area contributed by atoms with Crippen molar-refractivity contribution in [3.8, 4) is 11.5 Å². The monoisotopic (exact) mass is 351 g/mol. The number of carbonyl (C=O) groups excluding carboxylic acids is 3.